The maximum atomic E-state index is 3.22. The van der Waals surface area contributed by atoms with Crippen LogP contribution in [0.2, 0.25) is 0 Å². The molecular formula is C15H17NS2. The Bertz CT molecular complexity index is 518. The predicted molar refractivity (Wildman–Crippen MR) is 81.7 cm³/mol. The molecule has 0 saturated carbocycles. The predicted octanol–water partition coefficient (Wildman–Crippen LogP) is 3.95. The molecule has 18 heavy (non-hydrogen) atoms. The quantitative estimate of drug-likeness (QED) is 0.836. The second-order valence-electron chi connectivity index (χ2n) is 4.52. The molecule has 94 valence electrons. The molecule has 3 heteroatoms. The number of aryl methyl sites for hydroxylation is 2. The van der Waals surface area contributed by atoms with Gasteiger partial charge in [-0.3, -0.25) is 0 Å². The number of hydrogen-bond acceptors (Lipinski definition) is 3. The van der Waals surface area contributed by atoms with Crippen molar-refractivity contribution < 1.29 is 0 Å². The molecular weight excluding hydrogens is 258 g/mol. The van der Waals surface area contributed by atoms with Crippen LogP contribution in [0.5, 0.6) is 0 Å². The van der Waals surface area contributed by atoms with Gasteiger partial charge in [-0.1, -0.05) is 6.08 Å². The van der Waals surface area contributed by atoms with E-state index in [0.29, 0.717) is 0 Å². The highest BCUT2D eigenvalue weighted by molar-refractivity contribution is 7.11. The van der Waals surface area contributed by atoms with Crippen molar-refractivity contribution in [1.82, 2.24) is 5.32 Å². The zero-order valence-electron chi connectivity index (χ0n) is 10.5. The Morgan fingerprint density at radius 1 is 1.11 bits per heavy atom. The van der Waals surface area contributed by atoms with Gasteiger partial charge in [0.2, 0.25) is 0 Å². The van der Waals surface area contributed by atoms with Crippen LogP contribution in [0.3, 0.4) is 0 Å². The van der Waals surface area contributed by atoms with E-state index >= 15 is 0 Å². The van der Waals surface area contributed by atoms with Crippen LogP contribution >= 0.6 is 22.7 Å². The first-order chi connectivity index (χ1) is 8.90. The minimum absolute atomic E-state index is 1.04. The maximum absolute atomic E-state index is 3.22. The second kappa shape index (κ2) is 5.39. The highest BCUT2D eigenvalue weighted by Crippen LogP contribution is 2.38. The molecule has 0 spiro atoms. The third kappa shape index (κ3) is 2.18. The number of thiophene rings is 2. The van der Waals surface area contributed by atoms with E-state index in [9.17, 15) is 0 Å². The molecule has 2 aromatic rings. The van der Waals surface area contributed by atoms with Crippen molar-refractivity contribution in [3.8, 4) is 0 Å². The van der Waals surface area contributed by atoms with E-state index < -0.39 is 0 Å². The van der Waals surface area contributed by atoms with Gasteiger partial charge in [0, 0.05) is 9.75 Å². The fourth-order valence-corrected chi connectivity index (χ4v) is 4.29. The third-order valence-corrected chi connectivity index (χ3v) is 5.35. The number of nitrogens with one attached hydrogen (secondary N) is 1. The molecule has 1 aliphatic rings. The van der Waals surface area contributed by atoms with Gasteiger partial charge < -0.3 is 5.32 Å². The summed E-state index contributed by atoms with van der Waals surface area (Å²) >= 11 is 3.81. The lowest BCUT2D eigenvalue weighted by atomic mass is 10.00. The van der Waals surface area contributed by atoms with Gasteiger partial charge in [0.1, 0.15) is 0 Å². The summed E-state index contributed by atoms with van der Waals surface area (Å²) in [4.78, 5) is 3.10. The van der Waals surface area contributed by atoms with E-state index in [2.05, 4.69) is 34.3 Å². The molecule has 3 rings (SSSR count). The largest absolute Gasteiger partial charge is 0.319 e. The van der Waals surface area contributed by atoms with Gasteiger partial charge in [0.05, 0.1) is 0 Å². The summed E-state index contributed by atoms with van der Waals surface area (Å²) in [6, 6.07) is 4.58. The highest BCUT2D eigenvalue weighted by atomic mass is 32.1. The van der Waals surface area contributed by atoms with Gasteiger partial charge in [-0.15, -0.1) is 22.7 Å². The summed E-state index contributed by atoms with van der Waals surface area (Å²) in [5.74, 6) is 0. The number of hydrogen-bond donors (Lipinski definition) is 1. The molecule has 2 heterocycles. The third-order valence-electron chi connectivity index (χ3n) is 3.39. The summed E-state index contributed by atoms with van der Waals surface area (Å²) in [5.41, 5.74) is 4.39. The smallest absolute Gasteiger partial charge is 0.0127 e. The summed E-state index contributed by atoms with van der Waals surface area (Å²) in [7, 11) is 2.01. The van der Waals surface area contributed by atoms with Crippen LogP contribution in [-0.4, -0.2) is 13.6 Å². The van der Waals surface area contributed by atoms with Crippen LogP contribution < -0.4 is 5.32 Å². The Kier molecular flexibility index (Phi) is 3.64. The van der Waals surface area contributed by atoms with Gasteiger partial charge in [-0.05, 0) is 72.4 Å². The van der Waals surface area contributed by atoms with E-state index in [0.717, 1.165) is 13.0 Å². The molecule has 0 aromatic carbocycles. The van der Waals surface area contributed by atoms with Crippen LogP contribution in [0, 0.1) is 0 Å². The Morgan fingerprint density at radius 2 is 1.72 bits per heavy atom. The molecule has 1 nitrogen and oxygen atoms in total. The second-order valence-corrected chi connectivity index (χ2v) is 6.53. The molecule has 0 amide bonds. The van der Waals surface area contributed by atoms with Crippen molar-refractivity contribution in [3.63, 3.8) is 0 Å². The number of rotatable bonds is 3. The summed E-state index contributed by atoms with van der Waals surface area (Å²) in [5, 5.41) is 7.68. The van der Waals surface area contributed by atoms with Crippen molar-refractivity contribution >= 4 is 28.2 Å². The van der Waals surface area contributed by atoms with Gasteiger partial charge in [-0.2, -0.15) is 0 Å². The summed E-state index contributed by atoms with van der Waals surface area (Å²) in [6.45, 7) is 1.04. The fourth-order valence-electron chi connectivity index (χ4n) is 2.50. The van der Waals surface area contributed by atoms with Gasteiger partial charge in [-0.25, -0.2) is 0 Å². The van der Waals surface area contributed by atoms with Crippen molar-refractivity contribution in [3.05, 3.63) is 49.9 Å². The lowest BCUT2D eigenvalue weighted by Gasteiger charge is -2.06. The molecule has 0 fully saturated rings. The van der Waals surface area contributed by atoms with Crippen LogP contribution in [0.4, 0.5) is 0 Å². The van der Waals surface area contributed by atoms with Crippen LogP contribution in [0.25, 0.3) is 5.57 Å². The highest BCUT2D eigenvalue weighted by Gasteiger charge is 2.19. The average Bonchev–Trinajstić information content (AvgIpc) is 3.00. The Morgan fingerprint density at radius 3 is 2.28 bits per heavy atom. The minimum atomic E-state index is 1.04. The van der Waals surface area contributed by atoms with Crippen LogP contribution in [0.1, 0.15) is 27.3 Å². The molecule has 0 bridgehead atoms. The van der Waals surface area contributed by atoms with E-state index in [1.54, 1.807) is 9.75 Å². The first-order valence-electron chi connectivity index (χ1n) is 6.38. The Hall–Kier alpha value is -0.900. The molecule has 2 aromatic heterocycles. The maximum Gasteiger partial charge on any atom is 0.0127 e. The van der Waals surface area contributed by atoms with Gasteiger partial charge in [0.25, 0.3) is 0 Å². The lowest BCUT2D eigenvalue weighted by Crippen LogP contribution is -2.06. The van der Waals surface area contributed by atoms with Crippen LogP contribution in [-0.2, 0) is 12.8 Å². The molecule has 1 aliphatic carbocycles. The molecule has 0 radical (unpaired) electrons. The summed E-state index contributed by atoms with van der Waals surface area (Å²) in [6.07, 6.45) is 5.89. The summed E-state index contributed by atoms with van der Waals surface area (Å²) < 4.78 is 0. The van der Waals surface area contributed by atoms with E-state index in [1.807, 2.05) is 29.7 Å². The standard InChI is InChI=1S/C15H17NS2/c1-16-8-2-3-11-12-6-9-17-14(12)4-5-15-13(11)7-10-18-15/h3,6-7,9-10,16H,2,4-5,8H2,1H3. The molecule has 1 N–H and O–H groups in total. The van der Waals surface area contributed by atoms with Gasteiger partial charge in [0.15, 0.2) is 0 Å². The van der Waals surface area contributed by atoms with E-state index in [1.165, 1.54) is 29.5 Å². The lowest BCUT2D eigenvalue weighted by molar-refractivity contribution is 0.808. The topological polar surface area (TPSA) is 12.0 Å². The molecule has 0 aliphatic heterocycles. The van der Waals surface area contributed by atoms with E-state index in [4.69, 9.17) is 0 Å². The first-order valence-corrected chi connectivity index (χ1v) is 8.14. The molecule has 0 saturated heterocycles. The minimum Gasteiger partial charge on any atom is -0.319 e. The normalized spacial score (nSPS) is 13.9. The first kappa shape index (κ1) is 12.2. The molecule has 0 atom stereocenters. The van der Waals surface area contributed by atoms with Crippen molar-refractivity contribution in [1.29, 1.82) is 0 Å². The van der Waals surface area contributed by atoms with Crippen molar-refractivity contribution in [2.24, 2.45) is 0 Å². The van der Waals surface area contributed by atoms with Crippen molar-refractivity contribution in [2.45, 2.75) is 19.3 Å². The monoisotopic (exact) mass is 275 g/mol. The fraction of sp³-hybridized carbons (Fsp3) is 0.333. The van der Waals surface area contributed by atoms with Gasteiger partial charge >= 0.3 is 0 Å². The number of fused-ring (bicyclic) bond motifs is 2. The zero-order valence-corrected chi connectivity index (χ0v) is 12.2. The zero-order chi connectivity index (χ0) is 12.4. The van der Waals surface area contributed by atoms with Crippen molar-refractivity contribution in [2.75, 3.05) is 13.6 Å². The Labute approximate surface area is 116 Å². The SMILES string of the molecule is CNCCC=C1c2ccsc2CCc2sccc21. The molecule has 0 unspecified atom stereocenters. The van der Waals surface area contributed by atoms with Crippen LogP contribution in [0.15, 0.2) is 29.0 Å². The van der Waals surface area contributed by atoms with E-state index in [-0.39, 0.29) is 0 Å². The Balaban J connectivity index is 2.05. The average molecular weight is 275 g/mol.